The Morgan fingerprint density at radius 1 is 1.25 bits per heavy atom. The Morgan fingerprint density at radius 3 is 2.95 bits per heavy atom. The van der Waals surface area contributed by atoms with Gasteiger partial charge in [-0.1, -0.05) is 13.8 Å². The summed E-state index contributed by atoms with van der Waals surface area (Å²) in [6.07, 6.45) is 1.02. The molecule has 1 aromatic carbocycles. The van der Waals surface area contributed by atoms with E-state index in [1.807, 2.05) is 11.6 Å². The first-order valence-corrected chi connectivity index (χ1v) is 7.86. The van der Waals surface area contributed by atoms with Crippen LogP contribution in [0, 0.1) is 0 Å². The van der Waals surface area contributed by atoms with Gasteiger partial charge in [0.25, 0.3) is 0 Å². The molecule has 0 bridgehead atoms. The van der Waals surface area contributed by atoms with E-state index < -0.39 is 0 Å². The van der Waals surface area contributed by atoms with Crippen LogP contribution in [0.5, 0.6) is 0 Å². The van der Waals surface area contributed by atoms with Crippen LogP contribution in [-0.4, -0.2) is 11.5 Å². The number of rotatable bonds is 5. The van der Waals surface area contributed by atoms with Crippen molar-refractivity contribution >= 4 is 21.6 Å². The standard InChI is InChI=1S/C16H18N2OS/c1-3-12(17-4-2)15-8-7-14(19-15)11-5-6-13-16(9-11)20-10-18-13/h5-10,12,17H,3-4H2,1-2H3. The highest BCUT2D eigenvalue weighted by atomic mass is 32.1. The van der Waals surface area contributed by atoms with Crippen molar-refractivity contribution in [2.45, 2.75) is 26.3 Å². The highest BCUT2D eigenvalue weighted by Crippen LogP contribution is 2.29. The van der Waals surface area contributed by atoms with Crippen LogP contribution in [0.2, 0.25) is 0 Å². The molecule has 3 aromatic rings. The van der Waals surface area contributed by atoms with Crippen molar-refractivity contribution in [3.8, 4) is 11.3 Å². The molecule has 3 rings (SSSR count). The lowest BCUT2D eigenvalue weighted by Gasteiger charge is -2.12. The number of thiazole rings is 1. The number of benzene rings is 1. The maximum Gasteiger partial charge on any atom is 0.134 e. The molecule has 1 N–H and O–H groups in total. The van der Waals surface area contributed by atoms with Crippen LogP contribution in [0.15, 0.2) is 40.3 Å². The largest absolute Gasteiger partial charge is 0.459 e. The summed E-state index contributed by atoms with van der Waals surface area (Å²) in [4.78, 5) is 4.30. The van der Waals surface area contributed by atoms with Crippen molar-refractivity contribution in [2.24, 2.45) is 0 Å². The number of fused-ring (bicyclic) bond motifs is 1. The number of aromatic nitrogens is 1. The van der Waals surface area contributed by atoms with Crippen LogP contribution in [0.4, 0.5) is 0 Å². The fourth-order valence-corrected chi connectivity index (χ4v) is 3.11. The number of furan rings is 1. The average molecular weight is 286 g/mol. The molecule has 0 spiro atoms. The van der Waals surface area contributed by atoms with Crippen LogP contribution in [0.3, 0.4) is 0 Å². The number of nitrogens with zero attached hydrogens (tertiary/aromatic N) is 1. The van der Waals surface area contributed by atoms with E-state index in [9.17, 15) is 0 Å². The summed E-state index contributed by atoms with van der Waals surface area (Å²) >= 11 is 1.66. The lowest BCUT2D eigenvalue weighted by molar-refractivity contribution is 0.417. The third kappa shape index (κ3) is 2.49. The van der Waals surface area contributed by atoms with Gasteiger partial charge in [-0.15, -0.1) is 11.3 Å². The van der Waals surface area contributed by atoms with Gasteiger partial charge in [-0.3, -0.25) is 0 Å². The van der Waals surface area contributed by atoms with Crippen molar-refractivity contribution in [3.05, 3.63) is 41.6 Å². The second kappa shape index (κ2) is 5.77. The topological polar surface area (TPSA) is 38.1 Å². The second-order valence-corrected chi connectivity index (χ2v) is 5.64. The molecule has 1 unspecified atom stereocenters. The molecule has 104 valence electrons. The van der Waals surface area contributed by atoms with Gasteiger partial charge >= 0.3 is 0 Å². The Labute approximate surface area is 122 Å². The van der Waals surface area contributed by atoms with Crippen LogP contribution < -0.4 is 5.32 Å². The molecule has 4 heteroatoms. The van der Waals surface area contributed by atoms with Crippen molar-refractivity contribution in [1.82, 2.24) is 10.3 Å². The second-order valence-electron chi connectivity index (χ2n) is 4.76. The lowest BCUT2D eigenvalue weighted by atomic mass is 10.1. The van der Waals surface area contributed by atoms with Gasteiger partial charge in [0.15, 0.2) is 0 Å². The minimum Gasteiger partial charge on any atom is -0.459 e. The van der Waals surface area contributed by atoms with E-state index in [-0.39, 0.29) is 0 Å². The minimum absolute atomic E-state index is 0.292. The number of nitrogens with one attached hydrogen (secondary N) is 1. The van der Waals surface area contributed by atoms with Crippen molar-refractivity contribution < 1.29 is 4.42 Å². The molecule has 3 nitrogen and oxygen atoms in total. The SMILES string of the molecule is CCNC(CC)c1ccc(-c2ccc3ncsc3c2)o1. The number of hydrogen-bond donors (Lipinski definition) is 1. The van der Waals surface area contributed by atoms with Crippen molar-refractivity contribution in [2.75, 3.05) is 6.54 Å². The number of hydrogen-bond acceptors (Lipinski definition) is 4. The van der Waals surface area contributed by atoms with E-state index in [0.717, 1.165) is 35.6 Å². The molecule has 2 heterocycles. The zero-order chi connectivity index (χ0) is 13.9. The summed E-state index contributed by atoms with van der Waals surface area (Å²) in [5.74, 6) is 1.93. The van der Waals surface area contributed by atoms with E-state index in [1.54, 1.807) is 11.3 Å². The summed E-state index contributed by atoms with van der Waals surface area (Å²) in [6.45, 7) is 5.23. The Hall–Kier alpha value is -1.65. The molecular formula is C16H18N2OS. The van der Waals surface area contributed by atoms with Gasteiger partial charge in [-0.25, -0.2) is 4.98 Å². The van der Waals surface area contributed by atoms with E-state index in [2.05, 4.69) is 48.4 Å². The third-order valence-corrected chi connectivity index (χ3v) is 4.24. The van der Waals surface area contributed by atoms with Gasteiger partial charge in [0.05, 0.1) is 21.8 Å². The normalized spacial score (nSPS) is 12.9. The molecular weight excluding hydrogens is 268 g/mol. The van der Waals surface area contributed by atoms with Crippen molar-refractivity contribution in [1.29, 1.82) is 0 Å². The summed E-state index contributed by atoms with van der Waals surface area (Å²) in [5, 5.41) is 3.44. The Morgan fingerprint density at radius 2 is 2.15 bits per heavy atom. The zero-order valence-electron chi connectivity index (χ0n) is 11.7. The molecule has 0 fully saturated rings. The van der Waals surface area contributed by atoms with Gasteiger partial charge in [-0.2, -0.15) is 0 Å². The van der Waals surface area contributed by atoms with Gasteiger partial charge in [0, 0.05) is 5.56 Å². The predicted molar refractivity (Wildman–Crippen MR) is 84.0 cm³/mol. The molecule has 0 saturated heterocycles. The molecule has 2 aromatic heterocycles. The molecule has 0 aliphatic rings. The smallest absolute Gasteiger partial charge is 0.134 e. The molecule has 0 amide bonds. The first kappa shape index (κ1) is 13.3. The van der Waals surface area contributed by atoms with Gasteiger partial charge in [0.2, 0.25) is 0 Å². The fourth-order valence-electron chi connectivity index (χ4n) is 2.40. The van der Waals surface area contributed by atoms with Crippen LogP contribution in [0.1, 0.15) is 32.1 Å². The first-order valence-electron chi connectivity index (χ1n) is 6.98. The van der Waals surface area contributed by atoms with Gasteiger partial charge in [0.1, 0.15) is 11.5 Å². The van der Waals surface area contributed by atoms with E-state index >= 15 is 0 Å². The lowest BCUT2D eigenvalue weighted by Crippen LogP contribution is -2.19. The van der Waals surface area contributed by atoms with Gasteiger partial charge < -0.3 is 9.73 Å². The highest BCUT2D eigenvalue weighted by Gasteiger charge is 2.13. The van der Waals surface area contributed by atoms with Gasteiger partial charge in [-0.05, 0) is 43.3 Å². The highest BCUT2D eigenvalue weighted by molar-refractivity contribution is 7.16. The van der Waals surface area contributed by atoms with E-state index in [4.69, 9.17) is 4.42 Å². The summed E-state index contributed by atoms with van der Waals surface area (Å²) in [7, 11) is 0. The quantitative estimate of drug-likeness (QED) is 0.744. The van der Waals surface area contributed by atoms with Crippen molar-refractivity contribution in [3.63, 3.8) is 0 Å². The van der Waals surface area contributed by atoms with E-state index in [1.165, 1.54) is 4.70 Å². The molecule has 0 aliphatic carbocycles. The fraction of sp³-hybridized carbons (Fsp3) is 0.312. The maximum atomic E-state index is 6.02. The van der Waals surface area contributed by atoms with E-state index in [0.29, 0.717) is 6.04 Å². The first-order chi connectivity index (χ1) is 9.81. The summed E-state index contributed by atoms with van der Waals surface area (Å²) in [5.41, 5.74) is 4.03. The predicted octanol–water partition coefficient (Wildman–Crippen LogP) is 4.62. The summed E-state index contributed by atoms with van der Waals surface area (Å²) < 4.78 is 7.22. The Bertz CT molecular complexity index is 701. The molecule has 0 saturated carbocycles. The molecule has 20 heavy (non-hydrogen) atoms. The van der Waals surface area contributed by atoms with Crippen LogP contribution in [-0.2, 0) is 0 Å². The molecule has 0 radical (unpaired) electrons. The minimum atomic E-state index is 0.292. The Kier molecular flexibility index (Phi) is 3.85. The zero-order valence-corrected chi connectivity index (χ0v) is 12.5. The Balaban J connectivity index is 1.92. The van der Waals surface area contributed by atoms with Crippen LogP contribution >= 0.6 is 11.3 Å². The average Bonchev–Trinajstić information content (AvgIpc) is 3.12. The maximum absolute atomic E-state index is 6.02. The van der Waals surface area contributed by atoms with Crippen LogP contribution in [0.25, 0.3) is 21.5 Å². The summed E-state index contributed by atoms with van der Waals surface area (Å²) in [6, 6.07) is 10.7. The third-order valence-electron chi connectivity index (χ3n) is 3.44. The molecule has 0 aliphatic heterocycles. The monoisotopic (exact) mass is 286 g/mol. The molecule has 1 atom stereocenters.